The molecule has 6 rings (SSSR count). The van der Waals surface area contributed by atoms with Crippen LogP contribution >= 0.6 is 0 Å². The smallest absolute Gasteiger partial charge is 0.333 e. The summed E-state index contributed by atoms with van der Waals surface area (Å²) in [6, 6.07) is 16.5. The predicted octanol–water partition coefficient (Wildman–Crippen LogP) is 1.98. The number of nitrogens with zero attached hydrogens (tertiary/aromatic N) is 4. The van der Waals surface area contributed by atoms with Gasteiger partial charge < -0.3 is 37.2 Å². The number of primary amides is 1. The molecule has 1 aliphatic heterocycles. The van der Waals surface area contributed by atoms with Gasteiger partial charge in [-0.05, 0) is 68.7 Å². The molecule has 0 unspecified atom stereocenters. The Bertz CT molecular complexity index is 2670. The van der Waals surface area contributed by atoms with Crippen molar-refractivity contribution in [3.05, 3.63) is 90.1 Å². The highest BCUT2D eigenvalue weighted by Gasteiger charge is 2.43. The second-order valence-corrected chi connectivity index (χ2v) is 19.5. The number of hydrogen-bond acceptors (Lipinski definition) is 13. The summed E-state index contributed by atoms with van der Waals surface area (Å²) in [5.74, 6) is -3.04. The van der Waals surface area contributed by atoms with Crippen molar-refractivity contribution in [3.8, 4) is 11.3 Å². The number of rotatable bonds is 25. The zero-order valence-corrected chi connectivity index (χ0v) is 40.3. The summed E-state index contributed by atoms with van der Waals surface area (Å²) in [6.07, 6.45) is 4.16. The van der Waals surface area contributed by atoms with Crippen LogP contribution in [0.5, 0.6) is 0 Å². The van der Waals surface area contributed by atoms with Gasteiger partial charge in [-0.1, -0.05) is 65.8 Å². The Morgan fingerprint density at radius 2 is 1.69 bits per heavy atom. The van der Waals surface area contributed by atoms with Crippen LogP contribution in [0.1, 0.15) is 76.3 Å². The Morgan fingerprint density at radius 3 is 2.36 bits per heavy atom. The van der Waals surface area contributed by atoms with Gasteiger partial charge in [0.05, 0.1) is 37.1 Å². The van der Waals surface area contributed by atoms with Gasteiger partial charge in [-0.2, -0.15) is 8.42 Å². The number of nitrogens with one attached hydrogen (secondary N) is 4. The van der Waals surface area contributed by atoms with Gasteiger partial charge in [0.1, 0.15) is 18.3 Å². The molecule has 0 radical (unpaired) electrons. The average molecular weight is 988 g/mol. The molecule has 2 aromatic carbocycles. The van der Waals surface area contributed by atoms with E-state index in [1.807, 2.05) is 74.0 Å². The molecule has 0 saturated heterocycles. The number of fused-ring (bicyclic) bond motifs is 1. The number of ketones is 1. The van der Waals surface area contributed by atoms with Crippen molar-refractivity contribution in [2.24, 2.45) is 28.6 Å². The second-order valence-electron chi connectivity index (χ2n) is 18.3. The summed E-state index contributed by atoms with van der Waals surface area (Å²) in [7, 11) is -4.25. The van der Waals surface area contributed by atoms with Gasteiger partial charge >= 0.3 is 22.0 Å². The number of aliphatic hydroxyl groups excluding tert-OH is 2. The number of aromatic nitrogens is 3. The number of aryl methyl sites for hydroxylation is 1. The zero-order chi connectivity index (χ0) is 50.7. The predicted molar refractivity (Wildman–Crippen MR) is 257 cm³/mol. The highest BCUT2D eigenvalue weighted by atomic mass is 32.2. The van der Waals surface area contributed by atoms with Crippen LogP contribution in [0.3, 0.4) is 0 Å². The summed E-state index contributed by atoms with van der Waals surface area (Å²) >= 11 is 0. The summed E-state index contributed by atoms with van der Waals surface area (Å²) in [4.78, 5) is 76.8. The van der Waals surface area contributed by atoms with Gasteiger partial charge in [-0.15, -0.1) is 0 Å². The highest BCUT2D eigenvalue weighted by Crippen LogP contribution is 2.31. The Kier molecular flexibility index (Phi) is 18.0. The monoisotopic (exact) mass is 987 g/mol. The number of amides is 6. The number of Topliss-reactive ketones (excluding diaryl/α,β-unsaturated/α-hetero) is 1. The SMILES string of the molecule is Cc1cccc(-c2cc3n(n2)c(N[C@H]2C[C@@H](COS(N)(=O)=O)[C@H](O)[C@@H]2O)cc[n+]3Cc2ccc(NC(=O)[C@@H](CCCNC(N)=O)CC(=O)[C@H](NC(=O)CCCCCN3C(=O)C=CC3=O)C(C)C)cc2)c1. The summed E-state index contributed by atoms with van der Waals surface area (Å²) in [5, 5.41) is 43.1. The van der Waals surface area contributed by atoms with Crippen LogP contribution in [-0.4, -0.2) is 113 Å². The second kappa shape index (κ2) is 23.8. The molecule has 0 spiro atoms. The summed E-state index contributed by atoms with van der Waals surface area (Å²) in [5.41, 5.74) is 9.87. The van der Waals surface area contributed by atoms with Gasteiger partial charge in [-0.3, -0.25) is 33.1 Å². The van der Waals surface area contributed by atoms with E-state index in [-0.39, 0.29) is 68.2 Å². The summed E-state index contributed by atoms with van der Waals surface area (Å²) in [6.45, 7) is 6.03. The lowest BCUT2D eigenvalue weighted by Gasteiger charge is -2.24. The van der Waals surface area contributed by atoms with Crippen LogP contribution in [0, 0.1) is 24.7 Å². The van der Waals surface area contributed by atoms with E-state index in [4.69, 9.17) is 20.2 Å². The third-order valence-electron chi connectivity index (χ3n) is 12.5. The fraction of sp³-hybridized carbons (Fsp3) is 0.458. The van der Waals surface area contributed by atoms with E-state index >= 15 is 0 Å². The van der Waals surface area contributed by atoms with Crippen molar-refractivity contribution >= 4 is 62.9 Å². The lowest BCUT2D eigenvalue weighted by atomic mass is 9.89. The van der Waals surface area contributed by atoms with E-state index in [2.05, 4.69) is 21.3 Å². The van der Waals surface area contributed by atoms with E-state index < -0.39 is 65.0 Å². The van der Waals surface area contributed by atoms with Gasteiger partial charge in [0.25, 0.3) is 11.8 Å². The molecule has 70 heavy (non-hydrogen) atoms. The number of anilines is 2. The van der Waals surface area contributed by atoms with Crippen LogP contribution < -0.4 is 36.7 Å². The number of aliphatic hydroxyl groups is 2. The Hall–Kier alpha value is -6.59. The molecule has 3 heterocycles. The van der Waals surface area contributed by atoms with Gasteiger partial charge in [0.2, 0.25) is 17.6 Å². The van der Waals surface area contributed by atoms with Crippen molar-refractivity contribution in [2.75, 3.05) is 30.3 Å². The first-order valence-electron chi connectivity index (χ1n) is 23.3. The number of urea groups is 1. The number of carbonyl (C=O) groups is 6. The quantitative estimate of drug-likeness (QED) is 0.0268. The first-order valence-corrected chi connectivity index (χ1v) is 24.8. The molecule has 10 N–H and O–H groups in total. The fourth-order valence-corrected chi connectivity index (χ4v) is 9.06. The van der Waals surface area contributed by atoms with Crippen LogP contribution in [0.2, 0.25) is 0 Å². The molecule has 1 aliphatic carbocycles. The Labute approximate surface area is 406 Å². The molecule has 4 aromatic rings. The molecule has 2 aliphatic rings. The maximum absolute atomic E-state index is 13.9. The van der Waals surface area contributed by atoms with Crippen LogP contribution in [0.15, 0.2) is 79.0 Å². The average Bonchev–Trinajstić information content (AvgIpc) is 3.98. The van der Waals surface area contributed by atoms with E-state index in [1.165, 1.54) is 12.2 Å². The number of nitrogens with two attached hydrogens (primary N) is 2. The molecule has 6 atom stereocenters. The van der Waals surface area contributed by atoms with Gasteiger partial charge in [-0.25, -0.2) is 14.5 Å². The Morgan fingerprint density at radius 1 is 0.957 bits per heavy atom. The number of imide groups is 1. The van der Waals surface area contributed by atoms with Crippen molar-refractivity contribution in [3.63, 3.8) is 0 Å². The van der Waals surface area contributed by atoms with E-state index in [0.717, 1.165) is 21.6 Å². The lowest BCUT2D eigenvalue weighted by Crippen LogP contribution is -2.45. The zero-order valence-electron chi connectivity index (χ0n) is 39.5. The summed E-state index contributed by atoms with van der Waals surface area (Å²) < 4.78 is 31.2. The minimum atomic E-state index is -4.25. The Balaban J connectivity index is 1.12. The standard InChI is InChI=1S/C48H62N10O11S/c1-29(2)44(54-40(60)12-5-4-6-21-57-42(61)17-18-43(57)62)38(59)25-33(11-8-20-51-48(49)66)47(65)52-35-15-13-31(14-16-35)27-56-22-19-39(53-37-24-34(45(63)46(37)64)28-69-70(50,67)68)58-41(56)26-36(55-58)32-10-7-9-30(3)23-32/h7,9-10,13-19,22-23,26,29,33-34,37,44-46,63-64H,4-6,8,11-12,20-21,24-25,27-28H2,1-3H3,(H7,49,50,51,52,54,60,65,66,67,68)/p+1/t33-,34-,37-,44+,45-,46+/m0/s1. The van der Waals surface area contributed by atoms with Crippen molar-refractivity contribution in [2.45, 2.75) is 103 Å². The van der Waals surface area contributed by atoms with Crippen molar-refractivity contribution in [1.29, 1.82) is 0 Å². The third kappa shape index (κ3) is 14.5. The molecule has 21 nitrogen and oxygen atoms in total. The third-order valence-corrected chi connectivity index (χ3v) is 12.9. The van der Waals surface area contributed by atoms with E-state index in [0.29, 0.717) is 55.1 Å². The molecule has 6 amide bonds. The number of unbranched alkanes of at least 4 members (excludes halogenated alkanes) is 2. The molecule has 1 fully saturated rings. The first-order chi connectivity index (χ1) is 33.3. The maximum Gasteiger partial charge on any atom is 0.333 e. The van der Waals surface area contributed by atoms with Crippen molar-refractivity contribution in [1.82, 2.24) is 25.1 Å². The van der Waals surface area contributed by atoms with Gasteiger partial charge in [0.15, 0.2) is 5.78 Å². The molecule has 2 aromatic heterocycles. The molecule has 1 saturated carbocycles. The molecule has 376 valence electrons. The molecule has 22 heteroatoms. The fourth-order valence-electron chi connectivity index (χ4n) is 8.69. The molecule has 0 bridgehead atoms. The molecular weight excluding hydrogens is 925 g/mol. The van der Waals surface area contributed by atoms with Crippen LogP contribution in [0.25, 0.3) is 16.9 Å². The minimum absolute atomic E-state index is 0.140. The van der Waals surface area contributed by atoms with E-state index in [9.17, 15) is 47.4 Å². The van der Waals surface area contributed by atoms with E-state index in [1.54, 1.807) is 22.7 Å². The van der Waals surface area contributed by atoms with Crippen LogP contribution in [0.4, 0.5) is 16.3 Å². The number of benzene rings is 2. The number of carbonyl (C=O) groups excluding carboxylic acids is 6. The normalized spacial score (nSPS) is 18.9. The van der Waals surface area contributed by atoms with Gasteiger partial charge in [0, 0.05) is 67.2 Å². The number of hydrogen-bond donors (Lipinski definition) is 8. The lowest BCUT2D eigenvalue weighted by molar-refractivity contribution is -0.665. The van der Waals surface area contributed by atoms with Crippen molar-refractivity contribution < 1.29 is 56.1 Å². The topological polar surface area (TPSA) is 311 Å². The molecular formula is C48H63N10O11S+. The largest absolute Gasteiger partial charge is 0.390 e. The maximum atomic E-state index is 13.9. The first kappa shape index (κ1) is 52.8. The highest BCUT2D eigenvalue weighted by molar-refractivity contribution is 7.84. The minimum Gasteiger partial charge on any atom is -0.390 e. The van der Waals surface area contributed by atoms with Crippen LogP contribution in [-0.2, 0) is 45.0 Å².